The van der Waals surface area contributed by atoms with Gasteiger partial charge in [0, 0.05) is 31.7 Å². The van der Waals surface area contributed by atoms with Crippen LogP contribution in [0.1, 0.15) is 31.2 Å². The highest BCUT2D eigenvalue weighted by atomic mass is 35.5. The van der Waals surface area contributed by atoms with Crippen molar-refractivity contribution >= 4 is 24.0 Å². The van der Waals surface area contributed by atoms with E-state index in [0.29, 0.717) is 13.2 Å². The number of rotatable bonds is 5. The number of amides is 1. The number of ether oxygens (including phenoxy) is 3. The quantitative estimate of drug-likeness (QED) is 0.815. The Morgan fingerprint density at radius 2 is 1.77 bits per heavy atom. The van der Waals surface area contributed by atoms with Gasteiger partial charge in [-0.25, -0.2) is 0 Å². The molecule has 1 aromatic rings. The largest absolute Gasteiger partial charge is 0.490 e. The Hall–Kier alpha value is -1.34. The molecule has 0 saturated carbocycles. The summed E-state index contributed by atoms with van der Waals surface area (Å²) < 4.78 is 16.7. The van der Waals surface area contributed by atoms with E-state index in [1.54, 1.807) is 0 Å². The van der Waals surface area contributed by atoms with E-state index >= 15 is 0 Å². The summed E-state index contributed by atoms with van der Waals surface area (Å²) >= 11 is 0. The standard InChI is InChI=1S/C19H28N2O4.ClH/c1-13-12-15(2-3-17(13)25-16-6-10-24-11-7-16)21-19(22)18(20)14-4-8-23-9-5-14;/h2-3,12,14,16,18H,4-11,20H2,1H3,(H,21,22);1H. The van der Waals surface area contributed by atoms with Crippen LogP contribution in [-0.2, 0) is 14.3 Å². The Kier molecular flexibility index (Phi) is 8.15. The number of hydrogen-bond donors (Lipinski definition) is 2. The second kappa shape index (κ2) is 10.1. The number of carbonyl (C=O) groups is 1. The fraction of sp³-hybridized carbons (Fsp3) is 0.632. The fourth-order valence-corrected chi connectivity index (χ4v) is 3.35. The predicted molar refractivity (Wildman–Crippen MR) is 103 cm³/mol. The van der Waals surface area contributed by atoms with E-state index in [1.165, 1.54) is 0 Å². The Labute approximate surface area is 161 Å². The Morgan fingerprint density at radius 1 is 1.15 bits per heavy atom. The number of anilines is 1. The van der Waals surface area contributed by atoms with E-state index in [1.807, 2.05) is 25.1 Å². The van der Waals surface area contributed by atoms with Gasteiger partial charge in [0.25, 0.3) is 0 Å². The number of nitrogens with two attached hydrogens (primary N) is 1. The van der Waals surface area contributed by atoms with Crippen LogP contribution in [0.4, 0.5) is 5.69 Å². The van der Waals surface area contributed by atoms with E-state index in [-0.39, 0.29) is 30.3 Å². The molecule has 2 heterocycles. The van der Waals surface area contributed by atoms with Crippen LogP contribution in [0.15, 0.2) is 18.2 Å². The van der Waals surface area contributed by atoms with Gasteiger partial charge in [-0.05, 0) is 49.4 Å². The molecule has 7 heteroatoms. The summed E-state index contributed by atoms with van der Waals surface area (Å²) in [5.74, 6) is 0.911. The zero-order chi connectivity index (χ0) is 17.6. The maximum absolute atomic E-state index is 12.4. The summed E-state index contributed by atoms with van der Waals surface area (Å²) in [4.78, 5) is 12.4. The molecule has 1 unspecified atom stereocenters. The number of carbonyl (C=O) groups excluding carboxylic acids is 1. The average Bonchev–Trinajstić information content (AvgIpc) is 2.65. The van der Waals surface area contributed by atoms with Crippen molar-refractivity contribution in [3.05, 3.63) is 23.8 Å². The molecule has 2 fully saturated rings. The zero-order valence-corrected chi connectivity index (χ0v) is 16.1. The van der Waals surface area contributed by atoms with Crippen LogP contribution in [0.5, 0.6) is 5.75 Å². The maximum atomic E-state index is 12.4. The molecular weight excluding hydrogens is 356 g/mol. The summed E-state index contributed by atoms with van der Waals surface area (Å²) in [5, 5.41) is 2.93. The third-order valence-electron chi connectivity index (χ3n) is 4.98. The first kappa shape index (κ1) is 21.0. The van der Waals surface area contributed by atoms with Gasteiger partial charge in [0.05, 0.1) is 19.3 Å². The van der Waals surface area contributed by atoms with Gasteiger partial charge in [-0.1, -0.05) is 0 Å². The van der Waals surface area contributed by atoms with Crippen LogP contribution >= 0.6 is 12.4 Å². The van der Waals surface area contributed by atoms with Crippen molar-refractivity contribution in [2.45, 2.75) is 44.8 Å². The molecule has 1 atom stereocenters. The number of aryl methyl sites for hydroxylation is 1. The number of hydrogen-bond acceptors (Lipinski definition) is 5. The number of halogens is 1. The highest BCUT2D eigenvalue weighted by molar-refractivity contribution is 5.95. The first-order chi connectivity index (χ1) is 12.1. The summed E-state index contributed by atoms with van der Waals surface area (Å²) in [6, 6.07) is 5.22. The summed E-state index contributed by atoms with van der Waals surface area (Å²) in [5.41, 5.74) is 7.88. The van der Waals surface area contributed by atoms with E-state index < -0.39 is 6.04 Å². The second-order valence-corrected chi connectivity index (χ2v) is 6.87. The lowest BCUT2D eigenvalue weighted by Crippen LogP contribution is -2.44. The van der Waals surface area contributed by atoms with Crippen molar-refractivity contribution in [3.8, 4) is 5.75 Å². The SMILES string of the molecule is Cc1cc(NC(=O)C(N)C2CCOCC2)ccc1OC1CCOCC1.Cl. The van der Waals surface area contributed by atoms with E-state index in [0.717, 1.165) is 55.9 Å². The molecule has 0 radical (unpaired) electrons. The lowest BCUT2D eigenvalue weighted by atomic mass is 9.92. The zero-order valence-electron chi connectivity index (χ0n) is 15.2. The molecular formula is C19H29ClN2O4. The number of nitrogens with one attached hydrogen (secondary N) is 1. The van der Waals surface area contributed by atoms with E-state index in [2.05, 4.69) is 5.32 Å². The molecule has 0 aliphatic carbocycles. The van der Waals surface area contributed by atoms with Crippen LogP contribution in [0, 0.1) is 12.8 Å². The number of benzene rings is 1. The van der Waals surface area contributed by atoms with Crippen LogP contribution in [-0.4, -0.2) is 44.5 Å². The van der Waals surface area contributed by atoms with E-state index in [4.69, 9.17) is 19.9 Å². The molecule has 6 nitrogen and oxygen atoms in total. The first-order valence-electron chi connectivity index (χ1n) is 9.13. The monoisotopic (exact) mass is 384 g/mol. The smallest absolute Gasteiger partial charge is 0.241 e. The van der Waals surface area contributed by atoms with Crippen LogP contribution in [0.25, 0.3) is 0 Å². The van der Waals surface area contributed by atoms with Crippen molar-refractivity contribution in [2.24, 2.45) is 11.7 Å². The molecule has 3 N–H and O–H groups in total. The Balaban J connectivity index is 0.00000243. The summed E-state index contributed by atoms with van der Waals surface area (Å²) in [6.07, 6.45) is 3.71. The maximum Gasteiger partial charge on any atom is 0.241 e. The minimum Gasteiger partial charge on any atom is -0.490 e. The van der Waals surface area contributed by atoms with Crippen molar-refractivity contribution in [1.29, 1.82) is 0 Å². The molecule has 3 rings (SSSR count). The first-order valence-corrected chi connectivity index (χ1v) is 9.13. The molecule has 0 aromatic heterocycles. The molecule has 2 saturated heterocycles. The topological polar surface area (TPSA) is 82.8 Å². The summed E-state index contributed by atoms with van der Waals surface area (Å²) in [7, 11) is 0. The molecule has 26 heavy (non-hydrogen) atoms. The Bertz CT molecular complexity index is 587. The molecule has 1 amide bonds. The van der Waals surface area contributed by atoms with Gasteiger partial charge >= 0.3 is 0 Å². The molecule has 0 spiro atoms. The highest BCUT2D eigenvalue weighted by Crippen LogP contribution is 2.26. The summed E-state index contributed by atoms with van der Waals surface area (Å²) in [6.45, 7) is 4.86. The van der Waals surface area contributed by atoms with Crippen molar-refractivity contribution in [3.63, 3.8) is 0 Å². The Morgan fingerprint density at radius 3 is 2.38 bits per heavy atom. The van der Waals surface area contributed by atoms with Gasteiger partial charge < -0.3 is 25.3 Å². The van der Waals surface area contributed by atoms with Gasteiger partial charge in [0.15, 0.2) is 0 Å². The third-order valence-corrected chi connectivity index (χ3v) is 4.98. The predicted octanol–water partition coefficient (Wildman–Crippen LogP) is 2.67. The van der Waals surface area contributed by atoms with Gasteiger partial charge in [-0.3, -0.25) is 4.79 Å². The van der Waals surface area contributed by atoms with Gasteiger partial charge in [0.2, 0.25) is 5.91 Å². The van der Waals surface area contributed by atoms with Crippen molar-refractivity contribution in [1.82, 2.24) is 0 Å². The van der Waals surface area contributed by atoms with Gasteiger partial charge in [-0.15, -0.1) is 12.4 Å². The minimum atomic E-state index is -0.498. The molecule has 2 aliphatic heterocycles. The van der Waals surface area contributed by atoms with Crippen molar-refractivity contribution < 1.29 is 19.0 Å². The second-order valence-electron chi connectivity index (χ2n) is 6.87. The lowest BCUT2D eigenvalue weighted by Gasteiger charge is -2.27. The average molecular weight is 385 g/mol. The molecule has 1 aromatic carbocycles. The minimum absolute atomic E-state index is 0. The van der Waals surface area contributed by atoms with Crippen LogP contribution in [0.2, 0.25) is 0 Å². The molecule has 146 valence electrons. The molecule has 2 aliphatic rings. The van der Waals surface area contributed by atoms with Gasteiger partial charge in [-0.2, -0.15) is 0 Å². The molecule has 0 bridgehead atoms. The fourth-order valence-electron chi connectivity index (χ4n) is 3.35. The normalized spacial score (nSPS) is 20.1. The van der Waals surface area contributed by atoms with Crippen molar-refractivity contribution in [2.75, 3.05) is 31.7 Å². The van der Waals surface area contributed by atoms with Gasteiger partial charge in [0.1, 0.15) is 11.9 Å². The lowest BCUT2D eigenvalue weighted by molar-refractivity contribution is -0.119. The highest BCUT2D eigenvalue weighted by Gasteiger charge is 2.26. The third kappa shape index (κ3) is 5.58. The van der Waals surface area contributed by atoms with E-state index in [9.17, 15) is 4.79 Å². The van der Waals surface area contributed by atoms with Crippen LogP contribution < -0.4 is 15.8 Å². The van der Waals surface area contributed by atoms with Crippen LogP contribution in [0.3, 0.4) is 0 Å².